The van der Waals surface area contributed by atoms with Gasteiger partial charge in [-0.2, -0.15) is 0 Å². The Kier molecular flexibility index (Phi) is 8.17. The molecule has 0 fully saturated rings. The fraction of sp³-hybridized carbons (Fsp3) is 0.391. The first kappa shape index (κ1) is 18.3. The quantitative estimate of drug-likeness (QED) is 0.414. The molecule has 0 amide bonds. The summed E-state index contributed by atoms with van der Waals surface area (Å²) < 4.78 is 5.91. The van der Waals surface area contributed by atoms with E-state index in [0.29, 0.717) is 0 Å². The summed E-state index contributed by atoms with van der Waals surface area (Å²) in [5.74, 6) is 1.78. The van der Waals surface area contributed by atoms with Crippen molar-refractivity contribution in [1.82, 2.24) is 0 Å². The highest BCUT2D eigenvalue weighted by Crippen LogP contribution is 2.22. The molecule has 0 aliphatic heterocycles. The van der Waals surface area contributed by atoms with E-state index in [9.17, 15) is 0 Å². The SMILES string of the molecule is CCCCCCC=Cc1ccc(Oc2ccc(CCC)cc2)cc1. The zero-order valence-corrected chi connectivity index (χ0v) is 15.1. The summed E-state index contributed by atoms with van der Waals surface area (Å²) >= 11 is 0. The van der Waals surface area contributed by atoms with Gasteiger partial charge in [0.15, 0.2) is 0 Å². The minimum atomic E-state index is 0.887. The molecule has 0 bridgehead atoms. The lowest BCUT2D eigenvalue weighted by molar-refractivity contribution is 0.482. The molecule has 0 atom stereocenters. The second-order valence-corrected chi connectivity index (χ2v) is 6.32. The maximum absolute atomic E-state index is 5.91. The highest BCUT2D eigenvalue weighted by Gasteiger charge is 1.98. The number of ether oxygens (including phenoxy) is 1. The third-order valence-electron chi connectivity index (χ3n) is 4.11. The van der Waals surface area contributed by atoms with Gasteiger partial charge in [-0.1, -0.05) is 75.9 Å². The maximum Gasteiger partial charge on any atom is 0.127 e. The zero-order chi connectivity index (χ0) is 17.0. The molecule has 0 aliphatic carbocycles. The van der Waals surface area contributed by atoms with Crippen molar-refractivity contribution in [3.63, 3.8) is 0 Å². The molecule has 1 heteroatoms. The fourth-order valence-electron chi connectivity index (χ4n) is 2.70. The topological polar surface area (TPSA) is 9.23 Å². The predicted molar refractivity (Wildman–Crippen MR) is 105 cm³/mol. The Morgan fingerprint density at radius 1 is 0.750 bits per heavy atom. The molecule has 0 saturated carbocycles. The summed E-state index contributed by atoms with van der Waals surface area (Å²) in [4.78, 5) is 0. The van der Waals surface area contributed by atoms with E-state index in [1.165, 1.54) is 49.7 Å². The van der Waals surface area contributed by atoms with Crippen LogP contribution in [-0.4, -0.2) is 0 Å². The van der Waals surface area contributed by atoms with Gasteiger partial charge in [0.25, 0.3) is 0 Å². The van der Waals surface area contributed by atoms with Crippen LogP contribution >= 0.6 is 0 Å². The molecule has 2 aromatic rings. The van der Waals surface area contributed by atoms with Crippen molar-refractivity contribution in [2.45, 2.75) is 58.8 Å². The van der Waals surface area contributed by atoms with Crippen molar-refractivity contribution in [1.29, 1.82) is 0 Å². The predicted octanol–water partition coefficient (Wildman–Crippen LogP) is 7.42. The smallest absolute Gasteiger partial charge is 0.127 e. The molecule has 0 saturated heterocycles. The molecule has 1 nitrogen and oxygen atoms in total. The second kappa shape index (κ2) is 10.7. The lowest BCUT2D eigenvalue weighted by atomic mass is 10.1. The number of hydrogen-bond donors (Lipinski definition) is 0. The van der Waals surface area contributed by atoms with E-state index in [4.69, 9.17) is 4.74 Å². The first-order valence-corrected chi connectivity index (χ1v) is 9.35. The van der Waals surface area contributed by atoms with Crippen LogP contribution in [0.4, 0.5) is 0 Å². The van der Waals surface area contributed by atoms with E-state index in [-0.39, 0.29) is 0 Å². The molecular formula is C23H30O. The molecule has 0 spiro atoms. The Labute approximate surface area is 147 Å². The molecule has 0 aromatic heterocycles. The monoisotopic (exact) mass is 322 g/mol. The number of rotatable bonds is 10. The van der Waals surface area contributed by atoms with Gasteiger partial charge >= 0.3 is 0 Å². The lowest BCUT2D eigenvalue weighted by Gasteiger charge is -2.07. The maximum atomic E-state index is 5.91. The molecule has 0 unspecified atom stereocenters. The molecule has 2 aromatic carbocycles. The summed E-state index contributed by atoms with van der Waals surface area (Å²) in [6.45, 7) is 4.45. The van der Waals surface area contributed by atoms with Gasteiger partial charge in [0.05, 0.1) is 0 Å². The van der Waals surface area contributed by atoms with E-state index in [1.807, 2.05) is 12.1 Å². The van der Waals surface area contributed by atoms with Crippen molar-refractivity contribution >= 4 is 6.08 Å². The van der Waals surface area contributed by atoms with Crippen molar-refractivity contribution < 1.29 is 4.74 Å². The summed E-state index contributed by atoms with van der Waals surface area (Å²) in [5.41, 5.74) is 2.60. The summed E-state index contributed by atoms with van der Waals surface area (Å²) in [5, 5.41) is 0. The largest absolute Gasteiger partial charge is 0.457 e. The third kappa shape index (κ3) is 6.62. The molecule has 24 heavy (non-hydrogen) atoms. The van der Waals surface area contributed by atoms with Crippen molar-refractivity contribution in [3.8, 4) is 11.5 Å². The summed E-state index contributed by atoms with van der Waals surface area (Å²) in [7, 11) is 0. The lowest BCUT2D eigenvalue weighted by Crippen LogP contribution is -1.86. The molecule has 128 valence electrons. The van der Waals surface area contributed by atoms with E-state index in [2.05, 4.69) is 62.4 Å². The van der Waals surface area contributed by atoms with Crippen LogP contribution < -0.4 is 4.74 Å². The first-order chi connectivity index (χ1) is 11.8. The van der Waals surface area contributed by atoms with Crippen molar-refractivity contribution in [3.05, 3.63) is 65.7 Å². The fourth-order valence-corrected chi connectivity index (χ4v) is 2.70. The number of unbranched alkanes of at least 4 members (excludes halogenated alkanes) is 4. The summed E-state index contributed by atoms with van der Waals surface area (Å²) in [6, 6.07) is 16.7. The number of benzene rings is 2. The normalized spacial score (nSPS) is 11.1. The highest BCUT2D eigenvalue weighted by molar-refractivity contribution is 5.50. The molecule has 0 heterocycles. The van der Waals surface area contributed by atoms with Gasteiger partial charge in [0.2, 0.25) is 0 Å². The number of aryl methyl sites for hydroxylation is 1. The minimum Gasteiger partial charge on any atom is -0.457 e. The van der Waals surface area contributed by atoms with Crippen molar-refractivity contribution in [2.24, 2.45) is 0 Å². The molecule has 0 N–H and O–H groups in total. The van der Waals surface area contributed by atoms with Crippen LogP contribution in [0.1, 0.15) is 63.5 Å². The second-order valence-electron chi connectivity index (χ2n) is 6.32. The Bertz CT molecular complexity index is 593. The number of hydrogen-bond acceptors (Lipinski definition) is 1. The van der Waals surface area contributed by atoms with E-state index in [0.717, 1.165) is 17.9 Å². The van der Waals surface area contributed by atoms with E-state index >= 15 is 0 Å². The van der Waals surface area contributed by atoms with Gasteiger partial charge in [-0.15, -0.1) is 0 Å². The van der Waals surface area contributed by atoms with Crippen molar-refractivity contribution in [2.75, 3.05) is 0 Å². The molecule has 2 rings (SSSR count). The highest BCUT2D eigenvalue weighted by atomic mass is 16.5. The van der Waals surface area contributed by atoms with Crippen LogP contribution in [0.15, 0.2) is 54.6 Å². The van der Waals surface area contributed by atoms with Gasteiger partial charge in [0.1, 0.15) is 11.5 Å². The molecule has 0 aliphatic rings. The van der Waals surface area contributed by atoms with Crippen LogP contribution in [-0.2, 0) is 6.42 Å². The average molecular weight is 322 g/mol. The Morgan fingerprint density at radius 3 is 2.04 bits per heavy atom. The van der Waals surface area contributed by atoms with E-state index in [1.54, 1.807) is 0 Å². The molecular weight excluding hydrogens is 292 g/mol. The zero-order valence-electron chi connectivity index (χ0n) is 15.1. The number of allylic oxidation sites excluding steroid dienone is 1. The Balaban J connectivity index is 1.82. The van der Waals surface area contributed by atoms with Crippen LogP contribution in [0.5, 0.6) is 11.5 Å². The van der Waals surface area contributed by atoms with Crippen LogP contribution in [0, 0.1) is 0 Å². The average Bonchev–Trinajstić information content (AvgIpc) is 2.61. The van der Waals surface area contributed by atoms with Gasteiger partial charge < -0.3 is 4.74 Å². The minimum absolute atomic E-state index is 0.887. The Hall–Kier alpha value is -2.02. The first-order valence-electron chi connectivity index (χ1n) is 9.35. The van der Waals surface area contributed by atoms with Gasteiger partial charge in [0, 0.05) is 0 Å². The van der Waals surface area contributed by atoms with Crippen LogP contribution in [0.3, 0.4) is 0 Å². The van der Waals surface area contributed by atoms with Gasteiger partial charge in [-0.25, -0.2) is 0 Å². The van der Waals surface area contributed by atoms with Crippen LogP contribution in [0.25, 0.3) is 6.08 Å². The Morgan fingerprint density at radius 2 is 1.42 bits per heavy atom. The molecule has 0 radical (unpaired) electrons. The van der Waals surface area contributed by atoms with Gasteiger partial charge in [-0.05, 0) is 54.7 Å². The third-order valence-corrected chi connectivity index (χ3v) is 4.11. The van der Waals surface area contributed by atoms with Crippen LogP contribution in [0.2, 0.25) is 0 Å². The standard InChI is InChI=1S/C23H30O/c1-3-5-6-7-8-9-11-21-14-18-23(19-15-21)24-22-16-12-20(10-4-2)13-17-22/h9,11-19H,3-8,10H2,1-2H3. The van der Waals surface area contributed by atoms with Gasteiger partial charge in [-0.3, -0.25) is 0 Å². The van der Waals surface area contributed by atoms with E-state index < -0.39 is 0 Å². The summed E-state index contributed by atoms with van der Waals surface area (Å²) in [6.07, 6.45) is 13.2.